The summed E-state index contributed by atoms with van der Waals surface area (Å²) >= 11 is 12.5. The number of rotatable bonds is 3. The third-order valence-electron chi connectivity index (χ3n) is 5.10. The van der Waals surface area contributed by atoms with Crippen LogP contribution in [0.15, 0.2) is 62.7 Å². The zero-order chi connectivity index (χ0) is 21.9. The predicted molar refractivity (Wildman–Crippen MR) is 115 cm³/mol. The fourth-order valence-corrected chi connectivity index (χ4v) is 4.00. The van der Waals surface area contributed by atoms with Gasteiger partial charge in [-0.1, -0.05) is 29.3 Å². The largest absolute Gasteiger partial charge is 0.423 e. The van der Waals surface area contributed by atoms with E-state index in [1.807, 2.05) is 0 Å². The van der Waals surface area contributed by atoms with Gasteiger partial charge in [-0.15, -0.1) is 0 Å². The molecule has 0 amide bonds. The van der Waals surface area contributed by atoms with Crippen LogP contribution in [0.3, 0.4) is 0 Å². The summed E-state index contributed by atoms with van der Waals surface area (Å²) in [6.45, 7) is -0.101. The van der Waals surface area contributed by atoms with Gasteiger partial charge < -0.3 is 4.42 Å². The molecule has 3 aromatic heterocycles. The van der Waals surface area contributed by atoms with Crippen molar-refractivity contribution in [1.82, 2.24) is 18.5 Å². The molecule has 10 heteroatoms. The van der Waals surface area contributed by atoms with Gasteiger partial charge in [-0.25, -0.2) is 9.18 Å². The zero-order valence-corrected chi connectivity index (χ0v) is 17.5. The number of hydrogen-bond acceptors (Lipinski definition) is 4. The van der Waals surface area contributed by atoms with Gasteiger partial charge in [0.15, 0.2) is 16.9 Å². The van der Waals surface area contributed by atoms with E-state index >= 15 is 0 Å². The van der Waals surface area contributed by atoms with E-state index in [2.05, 4.69) is 4.98 Å². The van der Waals surface area contributed by atoms with Crippen molar-refractivity contribution in [2.24, 2.45) is 7.05 Å². The minimum atomic E-state index is -0.562. The minimum Gasteiger partial charge on any atom is -0.423 e. The van der Waals surface area contributed by atoms with Crippen molar-refractivity contribution in [3.8, 4) is 11.3 Å². The first-order valence-corrected chi connectivity index (χ1v) is 9.91. The smallest absolute Gasteiger partial charge is 0.332 e. The molecule has 0 saturated carbocycles. The fraction of sp³-hybridized carbons (Fsp3) is 0.0952. The first-order chi connectivity index (χ1) is 14.8. The van der Waals surface area contributed by atoms with Crippen molar-refractivity contribution in [2.75, 3.05) is 0 Å². The van der Waals surface area contributed by atoms with E-state index in [9.17, 15) is 14.0 Å². The topological polar surface area (TPSA) is 74.4 Å². The first-order valence-electron chi connectivity index (χ1n) is 9.15. The Morgan fingerprint density at radius 3 is 2.42 bits per heavy atom. The zero-order valence-electron chi connectivity index (χ0n) is 16.0. The maximum Gasteiger partial charge on any atom is 0.332 e. The first kappa shape index (κ1) is 19.6. The molecule has 31 heavy (non-hydrogen) atoms. The van der Waals surface area contributed by atoms with Crippen LogP contribution in [0.25, 0.3) is 28.3 Å². The quantitative estimate of drug-likeness (QED) is 0.407. The normalized spacial score (nSPS) is 11.6. The van der Waals surface area contributed by atoms with Crippen molar-refractivity contribution in [3.05, 3.63) is 90.9 Å². The number of nitrogens with zero attached hydrogens (tertiary/aromatic N) is 4. The number of fused-ring (bicyclic) bond motifs is 3. The van der Waals surface area contributed by atoms with Gasteiger partial charge in [-0.05, 0) is 36.4 Å². The highest BCUT2D eigenvalue weighted by molar-refractivity contribution is 6.35. The molecule has 5 rings (SSSR count). The van der Waals surface area contributed by atoms with Gasteiger partial charge >= 0.3 is 11.5 Å². The third kappa shape index (κ3) is 3.07. The van der Waals surface area contributed by atoms with Crippen LogP contribution in [0.4, 0.5) is 4.39 Å². The standard InChI is InChI=1S/C21H13Cl2FN4O3/c1-26-18-17(19(29)28(21(26)30)9-13-14(22)3-2-4-15(13)23)27-10-16(31-20(27)25-18)11-5-7-12(24)8-6-11/h2-8,10H,9H2,1H3. The lowest BCUT2D eigenvalue weighted by Gasteiger charge is -2.10. The molecule has 156 valence electrons. The summed E-state index contributed by atoms with van der Waals surface area (Å²) < 4.78 is 22.8. The number of oxazole rings is 1. The molecular formula is C21H13Cl2FN4O3. The molecule has 0 radical (unpaired) electrons. The summed E-state index contributed by atoms with van der Waals surface area (Å²) in [6, 6.07) is 10.7. The summed E-state index contributed by atoms with van der Waals surface area (Å²) in [5.74, 6) is 0.162. The van der Waals surface area contributed by atoms with Gasteiger partial charge in [0.25, 0.3) is 5.56 Å². The molecule has 0 aliphatic carbocycles. The molecule has 0 bridgehead atoms. The Labute approximate surface area is 183 Å². The van der Waals surface area contributed by atoms with E-state index < -0.39 is 11.2 Å². The molecule has 2 aromatic carbocycles. The van der Waals surface area contributed by atoms with Gasteiger partial charge in [0, 0.05) is 28.2 Å². The fourth-order valence-electron chi connectivity index (χ4n) is 3.48. The van der Waals surface area contributed by atoms with E-state index in [1.54, 1.807) is 36.5 Å². The Bertz CT molecular complexity index is 1580. The summed E-state index contributed by atoms with van der Waals surface area (Å²) in [6.07, 6.45) is 1.58. The van der Waals surface area contributed by atoms with Gasteiger partial charge in [-0.2, -0.15) is 4.98 Å². The Morgan fingerprint density at radius 2 is 1.74 bits per heavy atom. The summed E-state index contributed by atoms with van der Waals surface area (Å²) in [4.78, 5) is 30.5. The summed E-state index contributed by atoms with van der Waals surface area (Å²) in [5, 5.41) is 0.698. The van der Waals surface area contributed by atoms with E-state index in [0.29, 0.717) is 26.9 Å². The van der Waals surface area contributed by atoms with Gasteiger partial charge in [0.2, 0.25) is 0 Å². The van der Waals surface area contributed by atoms with Crippen LogP contribution in [0.1, 0.15) is 5.56 Å². The number of halogens is 3. The SMILES string of the molecule is Cn1c(=O)n(Cc2c(Cl)cccc2Cl)c(=O)c2c1nc1oc(-c3ccc(F)cc3)cn12. The highest BCUT2D eigenvalue weighted by Gasteiger charge is 2.21. The van der Waals surface area contributed by atoms with Crippen LogP contribution >= 0.6 is 23.2 Å². The van der Waals surface area contributed by atoms with Gasteiger partial charge in [0.05, 0.1) is 12.7 Å². The Balaban J connectivity index is 1.74. The molecule has 0 N–H and O–H groups in total. The van der Waals surface area contributed by atoms with Crippen LogP contribution in [-0.2, 0) is 13.6 Å². The number of imidazole rings is 1. The lowest BCUT2D eigenvalue weighted by molar-refractivity contribution is 0.608. The molecule has 0 spiro atoms. The maximum absolute atomic E-state index is 13.3. The van der Waals surface area contributed by atoms with Crippen LogP contribution in [-0.4, -0.2) is 18.5 Å². The second-order valence-corrected chi connectivity index (χ2v) is 7.79. The molecular weight excluding hydrogens is 446 g/mol. The van der Waals surface area contributed by atoms with Crippen molar-refractivity contribution in [2.45, 2.75) is 6.54 Å². The molecule has 0 aliphatic rings. The van der Waals surface area contributed by atoms with Crippen molar-refractivity contribution in [3.63, 3.8) is 0 Å². The average molecular weight is 459 g/mol. The van der Waals surface area contributed by atoms with Crippen molar-refractivity contribution < 1.29 is 8.81 Å². The highest BCUT2D eigenvalue weighted by atomic mass is 35.5. The van der Waals surface area contributed by atoms with Crippen molar-refractivity contribution in [1.29, 1.82) is 0 Å². The molecule has 0 unspecified atom stereocenters. The van der Waals surface area contributed by atoms with Crippen molar-refractivity contribution >= 4 is 40.2 Å². The monoisotopic (exact) mass is 458 g/mol. The second kappa shape index (κ2) is 7.11. The number of aromatic nitrogens is 4. The molecule has 0 saturated heterocycles. The summed E-state index contributed by atoms with van der Waals surface area (Å²) in [5.41, 5.74) is 0.303. The lowest BCUT2D eigenvalue weighted by atomic mass is 10.2. The maximum atomic E-state index is 13.3. The second-order valence-electron chi connectivity index (χ2n) is 6.97. The van der Waals surface area contributed by atoms with Crippen LogP contribution < -0.4 is 11.2 Å². The number of hydrogen-bond donors (Lipinski definition) is 0. The molecule has 0 atom stereocenters. The predicted octanol–water partition coefficient (Wildman–Crippen LogP) is 4.10. The molecule has 0 aliphatic heterocycles. The van der Waals surface area contributed by atoms with Crippen LogP contribution in [0.5, 0.6) is 0 Å². The molecule has 0 fully saturated rings. The highest BCUT2D eigenvalue weighted by Crippen LogP contribution is 2.26. The average Bonchev–Trinajstić information content (AvgIpc) is 3.30. The van der Waals surface area contributed by atoms with Gasteiger partial charge in [0.1, 0.15) is 5.82 Å². The van der Waals surface area contributed by atoms with Crippen LogP contribution in [0, 0.1) is 5.82 Å². The van der Waals surface area contributed by atoms with E-state index in [0.717, 1.165) is 4.57 Å². The molecule has 3 heterocycles. The van der Waals surface area contributed by atoms with Crippen LogP contribution in [0.2, 0.25) is 10.0 Å². The Hall–Kier alpha value is -3.36. The van der Waals surface area contributed by atoms with E-state index in [-0.39, 0.29) is 29.4 Å². The Morgan fingerprint density at radius 1 is 1.06 bits per heavy atom. The van der Waals surface area contributed by atoms with Gasteiger partial charge in [-0.3, -0.25) is 18.3 Å². The van der Waals surface area contributed by atoms with E-state index in [4.69, 9.17) is 27.6 Å². The minimum absolute atomic E-state index is 0.101. The third-order valence-corrected chi connectivity index (χ3v) is 5.81. The molecule has 7 nitrogen and oxygen atoms in total. The number of aryl methyl sites for hydroxylation is 1. The molecule has 5 aromatic rings. The Kier molecular flexibility index (Phi) is 4.49. The van der Waals surface area contributed by atoms with E-state index in [1.165, 1.54) is 28.1 Å². The number of benzene rings is 2. The summed E-state index contributed by atoms with van der Waals surface area (Å²) in [7, 11) is 1.52. The lowest BCUT2D eigenvalue weighted by Crippen LogP contribution is -2.39.